The van der Waals surface area contributed by atoms with Crippen molar-refractivity contribution >= 4 is 70.0 Å². The van der Waals surface area contributed by atoms with Gasteiger partial charge in [-0.25, -0.2) is 0 Å². The van der Waals surface area contributed by atoms with Crippen LogP contribution in [0.3, 0.4) is 0 Å². The summed E-state index contributed by atoms with van der Waals surface area (Å²) >= 11 is 22.6. The zero-order chi connectivity index (χ0) is 18.7. The topological polar surface area (TPSA) is 74.8 Å². The summed E-state index contributed by atoms with van der Waals surface area (Å²) in [6, 6.07) is 0. The predicted octanol–water partition coefficient (Wildman–Crippen LogP) is 3.05. The molecule has 2 aliphatic heterocycles. The molecule has 0 aromatic heterocycles. The minimum atomic E-state index is -0.566. The van der Waals surface area contributed by atoms with Crippen molar-refractivity contribution < 1.29 is 19.2 Å². The van der Waals surface area contributed by atoms with Crippen molar-refractivity contribution in [3.8, 4) is 0 Å². The van der Waals surface area contributed by atoms with Crippen LogP contribution < -0.4 is 0 Å². The highest BCUT2D eigenvalue weighted by atomic mass is 35.5. The number of halogens is 4. The molecule has 0 radical (unpaired) electrons. The molecule has 25 heavy (non-hydrogen) atoms. The molecule has 0 saturated heterocycles. The number of hydrogen-bond donors (Lipinski definition) is 0. The Kier molecular flexibility index (Phi) is 6.91. The van der Waals surface area contributed by atoms with E-state index in [-0.39, 0.29) is 33.2 Å². The van der Waals surface area contributed by atoms with Gasteiger partial charge in [-0.05, 0) is 12.8 Å². The standard InChI is InChI=1S/C15H14Cl4N2O4/c16-8-9(17)13(23)20(12(8)22)6-4-2-1-3-5-7-21-14(24)10(18)11(19)15(21)25/h1-7H2. The first kappa shape index (κ1) is 20.2. The quantitative estimate of drug-likeness (QED) is 0.440. The number of rotatable bonds is 8. The normalized spacial score (nSPS) is 18.6. The molecular formula is C15H14Cl4N2O4. The number of carbonyl (C=O) groups is 4. The van der Waals surface area contributed by atoms with Gasteiger partial charge in [-0.3, -0.25) is 29.0 Å². The fourth-order valence-corrected chi connectivity index (χ4v) is 3.24. The van der Waals surface area contributed by atoms with E-state index in [1.807, 2.05) is 0 Å². The Balaban J connectivity index is 1.61. The molecule has 0 N–H and O–H groups in total. The van der Waals surface area contributed by atoms with Gasteiger partial charge in [-0.1, -0.05) is 65.7 Å². The fraction of sp³-hybridized carbons (Fsp3) is 0.467. The summed E-state index contributed by atoms with van der Waals surface area (Å²) in [7, 11) is 0. The average Bonchev–Trinajstić information content (AvgIpc) is 2.89. The number of nitrogens with zero attached hydrogens (tertiary/aromatic N) is 2. The molecule has 0 aromatic rings. The van der Waals surface area contributed by atoms with Crippen LogP contribution in [0.25, 0.3) is 0 Å². The molecule has 136 valence electrons. The molecule has 0 aromatic carbocycles. The first-order valence-corrected chi connectivity index (χ1v) is 9.11. The van der Waals surface area contributed by atoms with Gasteiger partial charge in [0.25, 0.3) is 23.6 Å². The average molecular weight is 428 g/mol. The van der Waals surface area contributed by atoms with E-state index in [4.69, 9.17) is 46.4 Å². The number of imide groups is 2. The highest BCUT2D eigenvalue weighted by molar-refractivity contribution is 6.58. The zero-order valence-corrected chi connectivity index (χ0v) is 16.0. The van der Waals surface area contributed by atoms with Crippen molar-refractivity contribution in [2.24, 2.45) is 0 Å². The molecule has 0 bridgehead atoms. The summed E-state index contributed by atoms with van der Waals surface area (Å²) in [6.45, 7) is 0.505. The Labute approximate surface area is 164 Å². The molecule has 0 saturated carbocycles. The fourth-order valence-electron chi connectivity index (χ4n) is 2.51. The summed E-state index contributed by atoms with van der Waals surface area (Å²) in [5.74, 6) is -2.26. The Hall–Kier alpha value is -1.08. The van der Waals surface area contributed by atoms with E-state index in [1.165, 1.54) is 0 Å². The Morgan fingerprint density at radius 1 is 0.480 bits per heavy atom. The van der Waals surface area contributed by atoms with Gasteiger partial charge in [-0.2, -0.15) is 0 Å². The van der Waals surface area contributed by atoms with E-state index in [9.17, 15) is 19.2 Å². The summed E-state index contributed by atoms with van der Waals surface area (Å²) in [5.41, 5.74) is 0. The predicted molar refractivity (Wildman–Crippen MR) is 94.0 cm³/mol. The third-order valence-electron chi connectivity index (χ3n) is 3.88. The van der Waals surface area contributed by atoms with E-state index in [2.05, 4.69) is 0 Å². The number of amides is 4. The van der Waals surface area contributed by atoms with Crippen molar-refractivity contribution in [1.82, 2.24) is 9.80 Å². The maximum Gasteiger partial charge on any atom is 0.274 e. The van der Waals surface area contributed by atoms with Crippen molar-refractivity contribution in [1.29, 1.82) is 0 Å². The molecular weight excluding hydrogens is 414 g/mol. The lowest BCUT2D eigenvalue weighted by molar-refractivity contribution is -0.138. The molecule has 0 fully saturated rings. The minimum Gasteiger partial charge on any atom is -0.273 e. The van der Waals surface area contributed by atoms with Gasteiger partial charge in [0.2, 0.25) is 0 Å². The van der Waals surface area contributed by atoms with Gasteiger partial charge in [-0.15, -0.1) is 0 Å². The van der Waals surface area contributed by atoms with Crippen LogP contribution in [-0.4, -0.2) is 46.5 Å². The maximum absolute atomic E-state index is 11.7. The molecule has 0 atom stereocenters. The Bertz CT molecular complexity index is 596. The summed E-state index contributed by atoms with van der Waals surface area (Å²) < 4.78 is 0. The highest BCUT2D eigenvalue weighted by Gasteiger charge is 2.37. The SMILES string of the molecule is O=C1C(Cl)=C(Cl)C(=O)N1CCCCCCCN1C(=O)C(Cl)=C(Cl)C1=O. The monoisotopic (exact) mass is 426 g/mol. The molecule has 2 aliphatic rings. The van der Waals surface area contributed by atoms with E-state index >= 15 is 0 Å². The molecule has 0 spiro atoms. The first-order chi connectivity index (χ1) is 11.8. The minimum absolute atomic E-state index is 0.238. The van der Waals surface area contributed by atoms with Crippen molar-refractivity contribution in [3.05, 3.63) is 20.1 Å². The summed E-state index contributed by atoms with van der Waals surface area (Å²) in [5, 5.41) is -0.954. The Morgan fingerprint density at radius 3 is 1.00 bits per heavy atom. The molecule has 10 heteroatoms. The third kappa shape index (κ3) is 4.19. The number of unbranched alkanes of at least 4 members (excludes halogenated alkanes) is 4. The third-order valence-corrected chi connectivity index (χ3v) is 5.48. The second-order valence-corrected chi connectivity index (χ2v) is 7.06. The van der Waals surface area contributed by atoms with E-state index in [1.54, 1.807) is 0 Å². The van der Waals surface area contributed by atoms with Crippen LogP contribution >= 0.6 is 46.4 Å². The molecule has 2 rings (SSSR count). The largest absolute Gasteiger partial charge is 0.274 e. The van der Waals surface area contributed by atoms with Crippen LogP contribution in [-0.2, 0) is 19.2 Å². The molecule has 0 unspecified atom stereocenters. The van der Waals surface area contributed by atoms with Gasteiger partial charge in [0, 0.05) is 13.1 Å². The molecule has 4 amide bonds. The van der Waals surface area contributed by atoms with E-state index < -0.39 is 23.6 Å². The van der Waals surface area contributed by atoms with Crippen LogP contribution in [0.5, 0.6) is 0 Å². The number of hydrogen-bond acceptors (Lipinski definition) is 4. The van der Waals surface area contributed by atoms with Crippen molar-refractivity contribution in [3.63, 3.8) is 0 Å². The molecule has 6 nitrogen and oxygen atoms in total. The second kappa shape index (κ2) is 8.54. The smallest absolute Gasteiger partial charge is 0.273 e. The molecule has 0 aliphatic carbocycles. The van der Waals surface area contributed by atoms with E-state index in [0.29, 0.717) is 12.8 Å². The van der Waals surface area contributed by atoms with Crippen LogP contribution in [0.2, 0.25) is 0 Å². The zero-order valence-electron chi connectivity index (χ0n) is 13.0. The second-order valence-electron chi connectivity index (χ2n) is 5.55. The molecule has 2 heterocycles. The van der Waals surface area contributed by atoms with Crippen LogP contribution in [0, 0.1) is 0 Å². The van der Waals surface area contributed by atoms with Gasteiger partial charge in [0.15, 0.2) is 0 Å². The lowest BCUT2D eigenvalue weighted by atomic mass is 10.1. The Morgan fingerprint density at radius 2 is 0.720 bits per heavy atom. The van der Waals surface area contributed by atoms with Crippen LogP contribution in [0.1, 0.15) is 32.1 Å². The lowest BCUT2D eigenvalue weighted by Gasteiger charge is -2.14. The van der Waals surface area contributed by atoms with Crippen LogP contribution in [0.15, 0.2) is 20.1 Å². The summed E-state index contributed by atoms with van der Waals surface area (Å²) in [4.78, 5) is 48.8. The maximum atomic E-state index is 11.7. The van der Waals surface area contributed by atoms with E-state index in [0.717, 1.165) is 29.1 Å². The highest BCUT2D eigenvalue weighted by Crippen LogP contribution is 2.28. The number of carbonyl (C=O) groups excluding carboxylic acids is 4. The van der Waals surface area contributed by atoms with Crippen LogP contribution in [0.4, 0.5) is 0 Å². The van der Waals surface area contributed by atoms with Gasteiger partial charge < -0.3 is 0 Å². The first-order valence-electron chi connectivity index (χ1n) is 7.60. The van der Waals surface area contributed by atoms with Crippen molar-refractivity contribution in [2.75, 3.05) is 13.1 Å². The van der Waals surface area contributed by atoms with Gasteiger partial charge in [0.05, 0.1) is 0 Å². The van der Waals surface area contributed by atoms with Crippen molar-refractivity contribution in [2.45, 2.75) is 32.1 Å². The van der Waals surface area contributed by atoms with Gasteiger partial charge >= 0.3 is 0 Å². The van der Waals surface area contributed by atoms with Gasteiger partial charge in [0.1, 0.15) is 20.1 Å². The lowest BCUT2D eigenvalue weighted by Crippen LogP contribution is -2.32. The summed E-state index contributed by atoms with van der Waals surface area (Å²) in [6.07, 6.45) is 3.59.